The lowest BCUT2D eigenvalue weighted by atomic mass is 10.3. The van der Waals surface area contributed by atoms with E-state index in [2.05, 4.69) is 43.0 Å². The zero-order chi connectivity index (χ0) is 17.8. The van der Waals surface area contributed by atoms with Gasteiger partial charge in [-0.3, -0.25) is 0 Å². The van der Waals surface area contributed by atoms with Gasteiger partial charge in [-0.25, -0.2) is 0 Å². The van der Waals surface area contributed by atoms with Gasteiger partial charge in [-0.2, -0.15) is 0 Å². The monoisotopic (exact) mass is 398 g/mol. The van der Waals surface area contributed by atoms with Crippen molar-refractivity contribution in [3.05, 3.63) is 104 Å². The third-order valence-corrected chi connectivity index (χ3v) is 7.78. The summed E-state index contributed by atoms with van der Waals surface area (Å²) in [5, 5.41) is 3.16. The van der Waals surface area contributed by atoms with Gasteiger partial charge in [-0.1, -0.05) is 60.7 Å². The molecule has 0 heterocycles. The topological polar surface area (TPSA) is 0 Å². The fourth-order valence-corrected chi connectivity index (χ4v) is 6.58. The van der Waals surface area contributed by atoms with Gasteiger partial charge in [0.05, 0.1) is 8.86 Å². The molecule has 3 rings (SSSR count). The first-order valence-electron chi connectivity index (χ1n) is 8.80. The Hall–Kier alpha value is -1.69. The number of halogens is 1. The molecule has 0 radical (unpaired) electrons. The quantitative estimate of drug-likeness (QED) is 0.436. The summed E-state index contributed by atoms with van der Waals surface area (Å²) in [7, 11) is -2.51. The van der Waals surface area contributed by atoms with Crippen LogP contribution >= 0.6 is 7.26 Å². The molecule has 0 aliphatic carbocycles. The van der Waals surface area contributed by atoms with Crippen LogP contribution in [0.15, 0.2) is 104 Å². The standard InChI is InChI=1S/C22H22P.BrH/c1-2-3-19-23(20-13-7-4-8-14-20,21-15-9-5-10-16-21)22-17-11-6-12-18-22;/h2,4-18H,1,3,19H2;1H/q+1;/p-1/i19D2;. The maximum absolute atomic E-state index is 9.09. The van der Waals surface area contributed by atoms with E-state index in [0.717, 1.165) is 15.9 Å². The molecule has 3 aromatic carbocycles. The van der Waals surface area contributed by atoms with Gasteiger partial charge in [0.15, 0.2) is 0 Å². The molecule has 0 amide bonds. The molecular weight excluding hydrogens is 375 g/mol. The van der Waals surface area contributed by atoms with Crippen molar-refractivity contribution in [2.75, 3.05) is 6.11 Å². The molecule has 0 aliphatic heterocycles. The average Bonchev–Trinajstić information content (AvgIpc) is 2.65. The van der Waals surface area contributed by atoms with E-state index < -0.39 is 13.4 Å². The van der Waals surface area contributed by atoms with E-state index >= 15 is 0 Å². The second kappa shape index (κ2) is 8.97. The zero-order valence-corrected chi connectivity index (χ0v) is 16.0. The Labute approximate surface area is 159 Å². The van der Waals surface area contributed by atoms with Gasteiger partial charge in [0.1, 0.15) is 23.2 Å². The molecule has 0 nitrogen and oxygen atoms in total. The first-order valence-corrected chi connectivity index (χ1v) is 9.59. The maximum Gasteiger partial charge on any atom is 0.112 e. The van der Waals surface area contributed by atoms with Crippen molar-refractivity contribution < 1.29 is 19.7 Å². The minimum Gasteiger partial charge on any atom is -1.00 e. The molecule has 0 unspecified atom stereocenters. The highest BCUT2D eigenvalue weighted by atomic mass is 79.9. The van der Waals surface area contributed by atoms with Gasteiger partial charge in [-0.05, 0) is 42.8 Å². The molecule has 0 atom stereocenters. The third kappa shape index (κ3) is 3.69. The van der Waals surface area contributed by atoms with Crippen LogP contribution in [0.4, 0.5) is 0 Å². The first-order chi connectivity index (χ1) is 12.1. The van der Waals surface area contributed by atoms with Gasteiger partial charge in [-0.15, -0.1) is 6.58 Å². The molecule has 0 saturated carbocycles. The van der Waals surface area contributed by atoms with Crippen molar-refractivity contribution in [1.29, 1.82) is 0 Å². The summed E-state index contributed by atoms with van der Waals surface area (Å²) in [6, 6.07) is 30.3. The highest BCUT2D eigenvalue weighted by molar-refractivity contribution is 7.95. The Bertz CT molecular complexity index is 724. The Morgan fingerprint density at radius 1 is 0.708 bits per heavy atom. The number of allylic oxidation sites excluding steroid dienone is 1. The van der Waals surface area contributed by atoms with Crippen molar-refractivity contribution >= 4 is 23.2 Å². The number of benzene rings is 3. The molecule has 122 valence electrons. The lowest BCUT2D eigenvalue weighted by molar-refractivity contribution is -0.00000446. The summed E-state index contributed by atoms with van der Waals surface area (Å²) >= 11 is 0. The predicted molar refractivity (Wildman–Crippen MR) is 105 cm³/mol. The smallest absolute Gasteiger partial charge is 0.112 e. The summed E-state index contributed by atoms with van der Waals surface area (Å²) in [4.78, 5) is 0. The Morgan fingerprint density at radius 3 is 1.33 bits per heavy atom. The van der Waals surface area contributed by atoms with Gasteiger partial charge < -0.3 is 17.0 Å². The molecule has 2 heteroatoms. The van der Waals surface area contributed by atoms with Gasteiger partial charge in [0.2, 0.25) is 0 Å². The zero-order valence-electron chi connectivity index (χ0n) is 15.5. The summed E-state index contributed by atoms with van der Waals surface area (Å²) in [6.45, 7) is 3.82. The molecule has 24 heavy (non-hydrogen) atoms. The van der Waals surface area contributed by atoms with Crippen molar-refractivity contribution in [2.45, 2.75) is 6.42 Å². The van der Waals surface area contributed by atoms with E-state index in [1.807, 2.05) is 54.6 Å². The summed E-state index contributed by atoms with van der Waals surface area (Å²) in [5.74, 6) is 0. The van der Waals surface area contributed by atoms with E-state index in [4.69, 9.17) is 2.74 Å². The minimum atomic E-state index is -2.51. The average molecular weight is 399 g/mol. The third-order valence-electron chi connectivity index (χ3n) is 3.90. The van der Waals surface area contributed by atoms with Gasteiger partial charge in [0.25, 0.3) is 0 Å². The largest absolute Gasteiger partial charge is 1.00 e. The highest BCUT2D eigenvalue weighted by Crippen LogP contribution is 2.55. The number of hydrogen-bond donors (Lipinski definition) is 0. The van der Waals surface area contributed by atoms with Gasteiger partial charge >= 0.3 is 0 Å². The van der Waals surface area contributed by atoms with E-state index in [9.17, 15) is 0 Å². The minimum absolute atomic E-state index is 0. The first kappa shape index (κ1) is 15.8. The molecule has 0 aromatic heterocycles. The van der Waals surface area contributed by atoms with Crippen LogP contribution < -0.4 is 32.9 Å². The van der Waals surface area contributed by atoms with E-state index in [1.54, 1.807) is 6.08 Å². The Balaban J connectivity index is 0.00000243. The van der Waals surface area contributed by atoms with Crippen LogP contribution in [0.5, 0.6) is 0 Å². The lowest BCUT2D eigenvalue weighted by Gasteiger charge is -2.27. The van der Waals surface area contributed by atoms with Crippen LogP contribution in [-0.2, 0) is 0 Å². The number of hydrogen-bond acceptors (Lipinski definition) is 0. The SMILES string of the molecule is [2H]C([2H])(CC=C)[P+](c1ccccc1)(c1ccccc1)c1ccccc1.[Br-]. The Morgan fingerprint density at radius 2 is 1.04 bits per heavy atom. The fourth-order valence-electron chi connectivity index (χ4n) is 2.88. The molecule has 3 aromatic rings. The number of rotatable bonds is 6. The molecular formula is C22H22BrP. The van der Waals surface area contributed by atoms with Crippen LogP contribution in [0.25, 0.3) is 0 Å². The van der Waals surface area contributed by atoms with Gasteiger partial charge in [0, 0.05) is 0 Å². The maximum atomic E-state index is 9.09. The summed E-state index contributed by atoms with van der Waals surface area (Å²) in [5.41, 5.74) is 0. The van der Waals surface area contributed by atoms with Crippen molar-refractivity contribution in [3.63, 3.8) is 0 Å². The van der Waals surface area contributed by atoms with Crippen molar-refractivity contribution in [3.8, 4) is 0 Å². The lowest BCUT2D eigenvalue weighted by Crippen LogP contribution is -3.00. The summed E-state index contributed by atoms with van der Waals surface area (Å²) in [6.07, 6.45) is 0.571. The molecule has 0 spiro atoms. The molecule has 0 saturated heterocycles. The van der Waals surface area contributed by atoms with Crippen molar-refractivity contribution in [1.82, 2.24) is 0 Å². The van der Waals surface area contributed by atoms with Crippen LogP contribution in [0.1, 0.15) is 9.16 Å². The van der Waals surface area contributed by atoms with Crippen molar-refractivity contribution in [2.24, 2.45) is 0 Å². The highest BCUT2D eigenvalue weighted by Gasteiger charge is 2.44. The van der Waals surface area contributed by atoms with Crippen LogP contribution in [0.2, 0.25) is 0 Å². The predicted octanol–water partition coefficient (Wildman–Crippen LogP) is 1.56. The van der Waals surface area contributed by atoms with Crippen LogP contribution in [0.3, 0.4) is 0 Å². The molecule has 0 fully saturated rings. The van der Waals surface area contributed by atoms with E-state index in [-0.39, 0.29) is 17.0 Å². The molecule has 0 bridgehead atoms. The normalized spacial score (nSPS) is 12.5. The molecule has 0 aliphatic rings. The van der Waals surface area contributed by atoms with Crippen LogP contribution in [0, 0.1) is 0 Å². The fraction of sp³-hybridized carbons (Fsp3) is 0.0909. The second-order valence-corrected chi connectivity index (χ2v) is 8.54. The van der Waals surface area contributed by atoms with E-state index in [0.29, 0.717) is 6.42 Å². The van der Waals surface area contributed by atoms with Crippen LogP contribution in [-0.4, -0.2) is 6.11 Å². The summed E-state index contributed by atoms with van der Waals surface area (Å²) < 4.78 is 18.2. The van der Waals surface area contributed by atoms with E-state index in [1.165, 1.54) is 0 Å². The molecule has 0 N–H and O–H groups in total. The Kier molecular flexibility index (Phi) is 5.91. The second-order valence-electron chi connectivity index (χ2n) is 5.33.